The Bertz CT molecular complexity index is 1990. The van der Waals surface area contributed by atoms with Gasteiger partial charge in [-0.3, -0.25) is 9.69 Å². The van der Waals surface area contributed by atoms with Crippen LogP contribution in [0.2, 0.25) is 0 Å². The number of nitrogens with one attached hydrogen (secondary N) is 2. The van der Waals surface area contributed by atoms with Crippen LogP contribution in [0.4, 0.5) is 10.5 Å². The monoisotopic (exact) mass is 704 g/mol. The molecule has 6 rings (SSSR count). The van der Waals surface area contributed by atoms with E-state index in [1.165, 1.54) is 12.1 Å². The van der Waals surface area contributed by atoms with Crippen molar-refractivity contribution in [3.8, 4) is 22.6 Å². The first kappa shape index (κ1) is 36.6. The van der Waals surface area contributed by atoms with Crippen molar-refractivity contribution in [3.63, 3.8) is 0 Å². The van der Waals surface area contributed by atoms with Gasteiger partial charge < -0.3 is 36.1 Å². The lowest BCUT2D eigenvalue weighted by atomic mass is 9.89. The van der Waals surface area contributed by atoms with E-state index in [0.717, 1.165) is 85.1 Å². The second-order valence-electron chi connectivity index (χ2n) is 13.7. The minimum atomic E-state index is -0.921. The zero-order valence-electron chi connectivity index (χ0n) is 29.3. The smallest absolute Gasteiger partial charge is 0.412 e. The van der Waals surface area contributed by atoms with Crippen molar-refractivity contribution >= 4 is 22.7 Å². The lowest BCUT2D eigenvalue weighted by Crippen LogP contribution is -2.44. The maximum atomic E-state index is 12.7. The van der Waals surface area contributed by atoms with Crippen molar-refractivity contribution in [2.45, 2.75) is 76.1 Å². The number of carboxylic acid groups (broad SMARTS) is 1. The molecule has 0 saturated heterocycles. The molecule has 272 valence electrons. The number of hydrogen-bond acceptors (Lipinski definition) is 7. The van der Waals surface area contributed by atoms with Gasteiger partial charge in [0.15, 0.2) is 0 Å². The third-order valence-corrected chi connectivity index (χ3v) is 9.95. The van der Waals surface area contributed by atoms with E-state index < -0.39 is 12.2 Å². The molecule has 52 heavy (non-hydrogen) atoms. The summed E-state index contributed by atoms with van der Waals surface area (Å²) >= 11 is 0. The van der Waals surface area contributed by atoms with Crippen LogP contribution in [-0.4, -0.2) is 51.6 Å². The molecule has 0 radical (unpaired) electrons. The average molecular weight is 705 g/mol. The van der Waals surface area contributed by atoms with Gasteiger partial charge >= 0.3 is 6.09 Å². The number of nitrogens with two attached hydrogens (primary N) is 1. The number of pyridine rings is 1. The summed E-state index contributed by atoms with van der Waals surface area (Å²) in [6, 6.07) is 30.3. The molecule has 10 heteroatoms. The number of amides is 1. The van der Waals surface area contributed by atoms with Gasteiger partial charge in [-0.05, 0) is 104 Å². The highest BCUT2D eigenvalue weighted by Gasteiger charge is 2.30. The van der Waals surface area contributed by atoms with Gasteiger partial charge in [-0.15, -0.1) is 0 Å². The lowest BCUT2D eigenvalue weighted by Gasteiger charge is -2.35. The van der Waals surface area contributed by atoms with Crippen LogP contribution in [0.5, 0.6) is 11.5 Å². The predicted octanol–water partition coefficient (Wildman–Crippen LogP) is 7.27. The number of nitrogens with zero attached hydrogens (tertiary/aromatic N) is 1. The molecule has 7 N–H and O–H groups in total. The fraction of sp³-hybridized carbons (Fsp3) is 0.333. The summed E-state index contributed by atoms with van der Waals surface area (Å²) in [6.45, 7) is 1.45. The van der Waals surface area contributed by atoms with Gasteiger partial charge in [0.05, 0.1) is 23.9 Å². The number of aliphatic hydroxyl groups excluding tert-OH is 1. The molecule has 0 unspecified atom stereocenters. The molecule has 1 amide bonds. The minimum absolute atomic E-state index is 0.0372. The van der Waals surface area contributed by atoms with Crippen molar-refractivity contribution in [2.24, 2.45) is 5.73 Å². The summed E-state index contributed by atoms with van der Waals surface area (Å²) < 4.78 is 6.00. The number of carbonyl (C=O) groups is 1. The van der Waals surface area contributed by atoms with E-state index in [-0.39, 0.29) is 23.4 Å². The number of rotatable bonds is 15. The van der Waals surface area contributed by atoms with E-state index in [9.17, 15) is 24.9 Å². The molecule has 1 aliphatic rings. The molecule has 1 fully saturated rings. The van der Waals surface area contributed by atoms with Crippen molar-refractivity contribution in [3.05, 3.63) is 124 Å². The lowest BCUT2D eigenvalue weighted by molar-refractivity contribution is 0.176. The van der Waals surface area contributed by atoms with Gasteiger partial charge in [0, 0.05) is 42.2 Å². The van der Waals surface area contributed by atoms with Gasteiger partial charge in [-0.25, -0.2) is 4.79 Å². The molecule has 10 nitrogen and oxygen atoms in total. The number of aryl methyl sites for hydroxylation is 1. The number of hydrogen-bond donors (Lipinski definition) is 6. The van der Waals surface area contributed by atoms with E-state index in [2.05, 4.69) is 28.5 Å². The van der Waals surface area contributed by atoms with Gasteiger partial charge in [-0.1, -0.05) is 60.7 Å². The summed E-state index contributed by atoms with van der Waals surface area (Å²) in [5.41, 5.74) is 11.6. The number of unbranched alkanes of at least 4 members (excludes halogenated alkanes) is 2. The summed E-state index contributed by atoms with van der Waals surface area (Å²) in [4.78, 5) is 28.6. The van der Waals surface area contributed by atoms with E-state index in [1.54, 1.807) is 17.0 Å². The van der Waals surface area contributed by atoms with Crippen LogP contribution in [-0.2, 0) is 13.0 Å². The summed E-state index contributed by atoms with van der Waals surface area (Å²) in [5, 5.41) is 35.2. The summed E-state index contributed by atoms with van der Waals surface area (Å²) in [7, 11) is 0. The maximum Gasteiger partial charge on any atom is 0.412 e. The molecule has 4 aromatic carbocycles. The first-order valence-corrected chi connectivity index (χ1v) is 18.2. The Hall–Kier alpha value is -5.16. The Kier molecular flexibility index (Phi) is 12.2. The molecule has 1 saturated carbocycles. The zero-order valence-corrected chi connectivity index (χ0v) is 29.3. The average Bonchev–Trinajstić information content (AvgIpc) is 3.15. The van der Waals surface area contributed by atoms with E-state index >= 15 is 0 Å². The third kappa shape index (κ3) is 9.19. The van der Waals surface area contributed by atoms with Gasteiger partial charge in [0.2, 0.25) is 5.56 Å². The first-order chi connectivity index (χ1) is 25.3. The Morgan fingerprint density at radius 2 is 1.65 bits per heavy atom. The third-order valence-electron chi connectivity index (χ3n) is 9.95. The van der Waals surface area contributed by atoms with Crippen LogP contribution in [0.3, 0.4) is 0 Å². The molecule has 0 bridgehead atoms. The number of ether oxygens (including phenoxy) is 1. The largest absolute Gasteiger partial charge is 0.506 e. The number of aromatic hydroxyl groups is 1. The fourth-order valence-electron chi connectivity index (χ4n) is 7.12. The number of phenols is 1. The van der Waals surface area contributed by atoms with Crippen LogP contribution >= 0.6 is 0 Å². The van der Waals surface area contributed by atoms with Crippen LogP contribution in [0.15, 0.2) is 102 Å². The van der Waals surface area contributed by atoms with Crippen LogP contribution in [0.1, 0.15) is 67.7 Å². The highest BCUT2D eigenvalue weighted by Crippen LogP contribution is 2.36. The van der Waals surface area contributed by atoms with E-state index in [0.29, 0.717) is 36.2 Å². The summed E-state index contributed by atoms with van der Waals surface area (Å²) in [5.74, 6) is 0.761. The van der Waals surface area contributed by atoms with Gasteiger partial charge in [0.1, 0.15) is 11.5 Å². The Labute approximate surface area is 303 Å². The van der Waals surface area contributed by atoms with Crippen molar-refractivity contribution in [2.75, 3.05) is 18.1 Å². The first-order valence-electron chi connectivity index (χ1n) is 18.2. The topological polar surface area (TPSA) is 161 Å². The highest BCUT2D eigenvalue weighted by molar-refractivity contribution is 5.94. The minimum Gasteiger partial charge on any atom is -0.506 e. The Morgan fingerprint density at radius 1 is 0.904 bits per heavy atom. The van der Waals surface area contributed by atoms with Crippen molar-refractivity contribution < 1.29 is 24.9 Å². The van der Waals surface area contributed by atoms with E-state index in [1.807, 2.05) is 54.6 Å². The van der Waals surface area contributed by atoms with E-state index in [4.69, 9.17) is 10.5 Å². The SMILES string of the molecule is NC1CCC(N(C(=O)O)c2cc(CCCCCOc3ccc(CNC[C@@H](O)c4ccc(O)c5[nH]c(=O)ccc45)cc3)ccc2-c2ccccc2)CC1. The highest BCUT2D eigenvalue weighted by atomic mass is 16.5. The Balaban J connectivity index is 0.964. The summed E-state index contributed by atoms with van der Waals surface area (Å²) in [6.07, 6.45) is 5.14. The number of aliphatic hydroxyl groups is 1. The van der Waals surface area contributed by atoms with Crippen molar-refractivity contribution in [1.82, 2.24) is 10.3 Å². The molecular formula is C42H48N4O6. The number of anilines is 1. The molecule has 1 heterocycles. The fourth-order valence-corrected chi connectivity index (χ4v) is 7.12. The number of phenolic OH excluding ortho intramolecular Hbond substituents is 1. The quantitative estimate of drug-likeness (QED) is 0.0621. The molecule has 1 aromatic heterocycles. The molecule has 0 aliphatic heterocycles. The maximum absolute atomic E-state index is 12.7. The van der Waals surface area contributed by atoms with Crippen LogP contribution in [0.25, 0.3) is 22.0 Å². The van der Waals surface area contributed by atoms with Crippen LogP contribution in [0, 0.1) is 0 Å². The van der Waals surface area contributed by atoms with Crippen LogP contribution < -0.4 is 26.2 Å². The molecular weight excluding hydrogens is 656 g/mol. The molecule has 0 spiro atoms. The van der Waals surface area contributed by atoms with Gasteiger partial charge in [-0.2, -0.15) is 0 Å². The standard InChI is InChI=1S/C42H48N4O6/c43-31-13-15-32(16-14-31)46(42(50)51)37-25-28(12-19-34(37)30-8-4-1-5-9-30)7-3-2-6-24-52-33-17-10-29(11-18-33)26-44-27-39(48)35-20-22-38(47)41-36(35)21-23-40(49)45-41/h1,4-5,8-12,17-23,25,31-32,39,44,47-48H,2-3,6-7,13-16,24,26-27,43H2,(H,45,49)(H,50,51)/t31?,32?,39-/m1/s1. The second-order valence-corrected chi connectivity index (χ2v) is 13.7. The molecule has 1 atom stereocenters. The van der Waals surface area contributed by atoms with Crippen molar-refractivity contribution in [1.29, 1.82) is 0 Å². The zero-order chi connectivity index (χ0) is 36.5. The molecule has 5 aromatic rings. The normalized spacial score (nSPS) is 16.4. The second kappa shape index (κ2) is 17.4. The number of benzene rings is 4. The molecule has 1 aliphatic carbocycles. The number of aromatic amines is 1. The Morgan fingerprint density at radius 3 is 2.40 bits per heavy atom. The number of aromatic nitrogens is 1. The number of fused-ring (bicyclic) bond motifs is 1. The van der Waals surface area contributed by atoms with Gasteiger partial charge in [0.25, 0.3) is 0 Å². The number of H-pyrrole nitrogens is 1. The predicted molar refractivity (Wildman–Crippen MR) is 205 cm³/mol.